The van der Waals surface area contributed by atoms with Crippen LogP contribution in [0.5, 0.6) is 0 Å². The summed E-state index contributed by atoms with van der Waals surface area (Å²) in [7, 11) is 1.29. The summed E-state index contributed by atoms with van der Waals surface area (Å²) in [4.78, 5) is 31.5. The van der Waals surface area contributed by atoms with E-state index in [2.05, 4.69) is 20.0 Å². The minimum absolute atomic E-state index is 0.288. The first-order chi connectivity index (χ1) is 9.61. The molecule has 1 aromatic heterocycles. The van der Waals surface area contributed by atoms with Crippen molar-refractivity contribution < 1.29 is 14.3 Å². The van der Waals surface area contributed by atoms with E-state index >= 15 is 0 Å². The van der Waals surface area contributed by atoms with Crippen LogP contribution < -0.4 is 5.32 Å². The topological polar surface area (TPSA) is 81.2 Å². The van der Waals surface area contributed by atoms with Crippen molar-refractivity contribution in [2.75, 3.05) is 12.4 Å². The third-order valence-corrected chi connectivity index (χ3v) is 2.62. The Morgan fingerprint density at radius 2 is 1.80 bits per heavy atom. The summed E-state index contributed by atoms with van der Waals surface area (Å²) in [5, 5.41) is 2.64. The van der Waals surface area contributed by atoms with Crippen molar-refractivity contribution in [2.24, 2.45) is 0 Å². The van der Waals surface area contributed by atoms with Gasteiger partial charge in [-0.1, -0.05) is 12.1 Å². The maximum atomic E-state index is 12.0. The Balaban J connectivity index is 2.24. The zero-order valence-corrected chi connectivity index (χ0v) is 11.1. The van der Waals surface area contributed by atoms with E-state index in [9.17, 15) is 9.59 Å². The first-order valence-electron chi connectivity index (χ1n) is 5.89. The molecule has 6 nitrogen and oxygen atoms in total. The van der Waals surface area contributed by atoms with E-state index in [1.807, 2.05) is 0 Å². The second-order valence-corrected chi connectivity index (χ2v) is 4.01. The van der Waals surface area contributed by atoms with Crippen LogP contribution in [0.25, 0.3) is 0 Å². The molecule has 102 valence electrons. The van der Waals surface area contributed by atoms with Crippen molar-refractivity contribution in [1.82, 2.24) is 9.97 Å². The lowest BCUT2D eigenvalue weighted by molar-refractivity contribution is 0.0602. The van der Waals surface area contributed by atoms with Crippen LogP contribution >= 0.6 is 0 Å². The molecule has 0 atom stereocenters. The lowest BCUT2D eigenvalue weighted by Gasteiger charge is -2.09. The van der Waals surface area contributed by atoms with E-state index in [1.165, 1.54) is 19.5 Å². The molecule has 0 aliphatic carbocycles. The number of rotatable bonds is 3. The highest BCUT2D eigenvalue weighted by Gasteiger charge is 2.14. The fraction of sp³-hybridized carbons (Fsp3) is 0.143. The van der Waals surface area contributed by atoms with Crippen LogP contribution in [0.2, 0.25) is 0 Å². The molecule has 0 saturated carbocycles. The summed E-state index contributed by atoms with van der Waals surface area (Å²) >= 11 is 0. The first-order valence-corrected chi connectivity index (χ1v) is 5.89. The number of para-hydroxylation sites is 1. The van der Waals surface area contributed by atoms with Gasteiger partial charge in [0.25, 0.3) is 5.91 Å². The number of aryl methyl sites for hydroxylation is 1. The summed E-state index contributed by atoms with van der Waals surface area (Å²) in [5.41, 5.74) is 0.983. The van der Waals surface area contributed by atoms with Gasteiger partial charge in [0, 0.05) is 12.4 Å². The van der Waals surface area contributed by atoms with Crippen LogP contribution in [-0.4, -0.2) is 29.0 Å². The Hall–Kier alpha value is -2.76. The monoisotopic (exact) mass is 271 g/mol. The molecule has 0 saturated heterocycles. The molecular formula is C14H13N3O3. The maximum absolute atomic E-state index is 12.0. The van der Waals surface area contributed by atoms with E-state index in [-0.39, 0.29) is 11.5 Å². The molecule has 0 bridgehead atoms. The van der Waals surface area contributed by atoms with Gasteiger partial charge in [-0.3, -0.25) is 4.79 Å². The Bertz CT molecular complexity index is 638. The summed E-state index contributed by atoms with van der Waals surface area (Å²) in [6.07, 6.45) is 2.86. The lowest BCUT2D eigenvalue weighted by Crippen LogP contribution is -2.16. The Labute approximate surface area is 115 Å². The van der Waals surface area contributed by atoms with Gasteiger partial charge in [0.15, 0.2) is 0 Å². The van der Waals surface area contributed by atoms with Crippen molar-refractivity contribution in [3.05, 3.63) is 53.6 Å². The van der Waals surface area contributed by atoms with E-state index in [0.717, 1.165) is 0 Å². The number of amides is 1. The number of nitrogens with one attached hydrogen (secondary N) is 1. The van der Waals surface area contributed by atoms with Crippen LogP contribution in [-0.2, 0) is 4.74 Å². The minimum atomic E-state index is -0.513. The molecule has 0 aliphatic rings. The number of esters is 1. The number of ether oxygens (including phenoxy) is 1. The van der Waals surface area contributed by atoms with Gasteiger partial charge in [-0.2, -0.15) is 0 Å². The van der Waals surface area contributed by atoms with Gasteiger partial charge in [0.1, 0.15) is 5.82 Å². The van der Waals surface area contributed by atoms with Crippen molar-refractivity contribution in [1.29, 1.82) is 0 Å². The summed E-state index contributed by atoms with van der Waals surface area (Å²) in [6.45, 7) is 1.73. The number of aromatic nitrogens is 2. The molecule has 0 fully saturated rings. The number of anilines is 1. The van der Waals surface area contributed by atoms with Crippen LogP contribution in [0.15, 0.2) is 36.7 Å². The highest BCUT2D eigenvalue weighted by molar-refractivity contribution is 6.07. The van der Waals surface area contributed by atoms with Crippen LogP contribution in [0.3, 0.4) is 0 Å². The normalized spacial score (nSPS) is 9.90. The SMILES string of the molecule is COC(=O)c1ccccc1NC(=O)c1cnc(C)nc1. The molecule has 0 radical (unpaired) electrons. The lowest BCUT2D eigenvalue weighted by atomic mass is 10.1. The summed E-state index contributed by atoms with van der Waals surface area (Å²) < 4.78 is 4.67. The number of nitrogens with zero attached hydrogens (tertiary/aromatic N) is 2. The van der Waals surface area contributed by atoms with Gasteiger partial charge >= 0.3 is 5.97 Å². The number of benzene rings is 1. The predicted molar refractivity (Wildman–Crippen MR) is 72.5 cm³/mol. The summed E-state index contributed by atoms with van der Waals surface area (Å²) in [6, 6.07) is 6.61. The number of hydrogen-bond donors (Lipinski definition) is 1. The Kier molecular flexibility index (Phi) is 4.05. The van der Waals surface area contributed by atoms with Gasteiger partial charge in [-0.25, -0.2) is 14.8 Å². The standard InChI is InChI=1S/C14H13N3O3/c1-9-15-7-10(8-16-9)13(18)17-12-6-4-3-5-11(12)14(19)20-2/h3-8H,1-2H3,(H,17,18). The number of carbonyl (C=O) groups is 2. The highest BCUT2D eigenvalue weighted by Crippen LogP contribution is 2.16. The largest absolute Gasteiger partial charge is 0.465 e. The number of methoxy groups -OCH3 is 1. The molecule has 1 N–H and O–H groups in total. The third kappa shape index (κ3) is 2.97. The minimum Gasteiger partial charge on any atom is -0.465 e. The fourth-order valence-corrected chi connectivity index (χ4v) is 1.58. The van der Waals surface area contributed by atoms with Crippen LogP contribution in [0.4, 0.5) is 5.69 Å². The zero-order valence-electron chi connectivity index (χ0n) is 11.1. The smallest absolute Gasteiger partial charge is 0.339 e. The second-order valence-electron chi connectivity index (χ2n) is 4.01. The molecule has 20 heavy (non-hydrogen) atoms. The maximum Gasteiger partial charge on any atom is 0.339 e. The number of hydrogen-bond acceptors (Lipinski definition) is 5. The van der Waals surface area contributed by atoms with Gasteiger partial charge in [0.05, 0.1) is 23.9 Å². The molecule has 0 unspecified atom stereocenters. The van der Waals surface area contributed by atoms with Crippen LogP contribution in [0.1, 0.15) is 26.5 Å². The molecule has 0 aliphatic heterocycles. The molecule has 2 rings (SSSR count). The second kappa shape index (κ2) is 5.92. The average Bonchev–Trinajstić information content (AvgIpc) is 2.47. The van der Waals surface area contributed by atoms with Gasteiger partial charge < -0.3 is 10.1 Å². The Morgan fingerprint density at radius 3 is 2.45 bits per heavy atom. The molecular weight excluding hydrogens is 258 g/mol. The molecule has 6 heteroatoms. The molecule has 1 amide bonds. The van der Waals surface area contributed by atoms with E-state index in [0.29, 0.717) is 17.1 Å². The van der Waals surface area contributed by atoms with Crippen molar-refractivity contribution >= 4 is 17.6 Å². The Morgan fingerprint density at radius 1 is 1.15 bits per heavy atom. The summed E-state index contributed by atoms with van der Waals surface area (Å²) in [5.74, 6) is -0.320. The van der Waals surface area contributed by atoms with E-state index in [4.69, 9.17) is 0 Å². The van der Waals surface area contributed by atoms with Crippen molar-refractivity contribution in [3.8, 4) is 0 Å². The first kappa shape index (κ1) is 13.7. The van der Waals surface area contributed by atoms with Crippen molar-refractivity contribution in [2.45, 2.75) is 6.92 Å². The van der Waals surface area contributed by atoms with Crippen LogP contribution in [0, 0.1) is 6.92 Å². The van der Waals surface area contributed by atoms with E-state index in [1.54, 1.807) is 31.2 Å². The van der Waals surface area contributed by atoms with Gasteiger partial charge in [0.2, 0.25) is 0 Å². The fourth-order valence-electron chi connectivity index (χ4n) is 1.58. The predicted octanol–water partition coefficient (Wildman–Crippen LogP) is 1.82. The van der Waals surface area contributed by atoms with Crippen molar-refractivity contribution in [3.63, 3.8) is 0 Å². The molecule has 2 aromatic rings. The molecule has 0 spiro atoms. The molecule has 1 aromatic carbocycles. The van der Waals surface area contributed by atoms with Gasteiger partial charge in [-0.15, -0.1) is 0 Å². The zero-order chi connectivity index (χ0) is 14.5. The highest BCUT2D eigenvalue weighted by atomic mass is 16.5. The van der Waals surface area contributed by atoms with E-state index < -0.39 is 5.97 Å². The van der Waals surface area contributed by atoms with Gasteiger partial charge in [-0.05, 0) is 19.1 Å². The average molecular weight is 271 g/mol. The quantitative estimate of drug-likeness (QED) is 0.861. The third-order valence-electron chi connectivity index (χ3n) is 2.62. The number of carbonyl (C=O) groups excluding carboxylic acids is 2. The molecule has 1 heterocycles.